The van der Waals surface area contributed by atoms with Crippen LogP contribution in [0.5, 0.6) is 5.75 Å². The number of nitrogens with one attached hydrogen (secondary N) is 1. The van der Waals surface area contributed by atoms with Gasteiger partial charge in [0.05, 0.1) is 18.3 Å². The van der Waals surface area contributed by atoms with E-state index in [0.717, 1.165) is 11.3 Å². The second-order valence-corrected chi connectivity index (χ2v) is 6.65. The third-order valence-electron chi connectivity index (χ3n) is 3.12. The molecular weight excluding hydrogens is 290 g/mol. The van der Waals surface area contributed by atoms with Gasteiger partial charge >= 0.3 is 0 Å². The summed E-state index contributed by atoms with van der Waals surface area (Å²) in [6.45, 7) is 3.61. The monoisotopic (exact) mass is 309 g/mol. The van der Waals surface area contributed by atoms with Crippen molar-refractivity contribution in [1.82, 2.24) is 4.72 Å². The van der Waals surface area contributed by atoms with Gasteiger partial charge in [-0.2, -0.15) is 0 Å². The van der Waals surface area contributed by atoms with E-state index in [2.05, 4.69) is 4.72 Å². The van der Waals surface area contributed by atoms with Crippen molar-refractivity contribution >= 4 is 10.0 Å². The Balaban J connectivity index is 2.12. The minimum Gasteiger partial charge on any atom is -0.496 e. The van der Waals surface area contributed by atoms with Gasteiger partial charge < -0.3 is 9.15 Å². The molecule has 1 aromatic carbocycles. The number of furan rings is 1. The molecule has 0 amide bonds. The lowest BCUT2D eigenvalue weighted by Crippen LogP contribution is -2.34. The standard InChI is InChI=1S/C15H19NO4S/c1-11-9-14(6-7-15(11)19-3)21(17,18)16-12(2)10-13-5-4-8-20-13/h4-9,12,16H,10H2,1-3H3/t12-/m0/s1. The highest BCUT2D eigenvalue weighted by Gasteiger charge is 2.19. The normalized spacial score (nSPS) is 13.1. The van der Waals surface area contributed by atoms with Crippen LogP contribution in [0.4, 0.5) is 0 Å². The van der Waals surface area contributed by atoms with Gasteiger partial charge in [0.15, 0.2) is 0 Å². The highest BCUT2D eigenvalue weighted by molar-refractivity contribution is 7.89. The second kappa shape index (κ2) is 6.32. The number of hydrogen-bond donors (Lipinski definition) is 1. The Morgan fingerprint density at radius 2 is 2.10 bits per heavy atom. The summed E-state index contributed by atoms with van der Waals surface area (Å²) in [4.78, 5) is 0.229. The Labute approximate surface area is 125 Å². The average Bonchev–Trinajstić information content (AvgIpc) is 2.90. The first kappa shape index (κ1) is 15.6. The summed E-state index contributed by atoms with van der Waals surface area (Å²) in [5.74, 6) is 1.41. The Hall–Kier alpha value is -1.79. The summed E-state index contributed by atoms with van der Waals surface area (Å²) in [6.07, 6.45) is 2.07. The molecule has 1 N–H and O–H groups in total. The Bertz CT molecular complexity index is 692. The van der Waals surface area contributed by atoms with Gasteiger partial charge in [-0.1, -0.05) is 0 Å². The van der Waals surface area contributed by atoms with E-state index in [9.17, 15) is 8.42 Å². The number of benzene rings is 1. The molecule has 0 aliphatic carbocycles. The van der Waals surface area contributed by atoms with Crippen molar-refractivity contribution in [3.8, 4) is 5.75 Å². The molecule has 0 fully saturated rings. The van der Waals surface area contributed by atoms with Crippen molar-refractivity contribution in [1.29, 1.82) is 0 Å². The zero-order valence-corrected chi connectivity index (χ0v) is 13.1. The van der Waals surface area contributed by atoms with Crippen LogP contribution in [-0.2, 0) is 16.4 Å². The summed E-state index contributed by atoms with van der Waals surface area (Å²) in [5.41, 5.74) is 0.777. The molecular formula is C15H19NO4S. The maximum Gasteiger partial charge on any atom is 0.240 e. The van der Waals surface area contributed by atoms with Crippen LogP contribution in [0.3, 0.4) is 0 Å². The summed E-state index contributed by atoms with van der Waals surface area (Å²) in [6, 6.07) is 8.13. The van der Waals surface area contributed by atoms with E-state index in [-0.39, 0.29) is 10.9 Å². The highest BCUT2D eigenvalue weighted by atomic mass is 32.2. The lowest BCUT2D eigenvalue weighted by atomic mass is 10.2. The SMILES string of the molecule is COc1ccc(S(=O)(=O)N[C@@H](C)Cc2ccco2)cc1C. The van der Waals surface area contributed by atoms with E-state index < -0.39 is 10.0 Å². The number of rotatable bonds is 6. The first-order valence-electron chi connectivity index (χ1n) is 6.61. The molecule has 1 atom stereocenters. The van der Waals surface area contributed by atoms with Gasteiger partial charge in [-0.15, -0.1) is 0 Å². The maximum atomic E-state index is 12.3. The predicted molar refractivity (Wildman–Crippen MR) is 79.9 cm³/mol. The van der Waals surface area contributed by atoms with E-state index in [1.807, 2.05) is 13.0 Å². The number of hydrogen-bond acceptors (Lipinski definition) is 4. The molecule has 114 valence electrons. The molecule has 0 saturated heterocycles. The van der Waals surface area contributed by atoms with Crippen LogP contribution in [-0.4, -0.2) is 21.6 Å². The lowest BCUT2D eigenvalue weighted by molar-refractivity contribution is 0.411. The summed E-state index contributed by atoms with van der Waals surface area (Å²) in [7, 11) is -2.00. The molecule has 1 heterocycles. The molecule has 5 nitrogen and oxygen atoms in total. The predicted octanol–water partition coefficient (Wildman–Crippen LogP) is 2.51. The average molecular weight is 309 g/mol. The van der Waals surface area contributed by atoms with Gasteiger partial charge in [0.2, 0.25) is 10.0 Å². The molecule has 1 aromatic heterocycles. The first-order chi connectivity index (χ1) is 9.92. The highest BCUT2D eigenvalue weighted by Crippen LogP contribution is 2.21. The summed E-state index contributed by atoms with van der Waals surface area (Å²) >= 11 is 0. The van der Waals surface area contributed by atoms with Crippen LogP contribution in [0.25, 0.3) is 0 Å². The van der Waals surface area contributed by atoms with Crippen molar-refractivity contribution in [2.45, 2.75) is 31.2 Å². The van der Waals surface area contributed by atoms with Crippen LogP contribution >= 0.6 is 0 Å². The quantitative estimate of drug-likeness (QED) is 0.890. The van der Waals surface area contributed by atoms with Crippen molar-refractivity contribution in [3.63, 3.8) is 0 Å². The van der Waals surface area contributed by atoms with Gasteiger partial charge in [-0.05, 0) is 49.7 Å². The number of aryl methyl sites for hydroxylation is 1. The van der Waals surface area contributed by atoms with E-state index in [4.69, 9.17) is 9.15 Å². The third kappa shape index (κ3) is 3.86. The van der Waals surface area contributed by atoms with Crippen LogP contribution in [0.1, 0.15) is 18.2 Å². The van der Waals surface area contributed by atoms with Crippen LogP contribution in [0.2, 0.25) is 0 Å². The molecule has 21 heavy (non-hydrogen) atoms. The van der Waals surface area contributed by atoms with Crippen molar-refractivity contribution in [2.24, 2.45) is 0 Å². The van der Waals surface area contributed by atoms with Gasteiger partial charge in [0.25, 0.3) is 0 Å². The van der Waals surface area contributed by atoms with Crippen LogP contribution in [0, 0.1) is 6.92 Å². The minimum absolute atomic E-state index is 0.229. The smallest absolute Gasteiger partial charge is 0.240 e. The molecule has 0 bridgehead atoms. The summed E-state index contributed by atoms with van der Waals surface area (Å²) in [5, 5.41) is 0. The Morgan fingerprint density at radius 1 is 1.33 bits per heavy atom. The molecule has 2 rings (SSSR count). The second-order valence-electron chi connectivity index (χ2n) is 4.94. The van der Waals surface area contributed by atoms with E-state index in [1.165, 1.54) is 6.07 Å². The molecule has 0 unspecified atom stereocenters. The number of sulfonamides is 1. The fourth-order valence-electron chi connectivity index (χ4n) is 2.12. The first-order valence-corrected chi connectivity index (χ1v) is 8.10. The fourth-order valence-corrected chi connectivity index (χ4v) is 3.45. The Kier molecular flexibility index (Phi) is 4.69. The molecule has 0 aliphatic heterocycles. The van der Waals surface area contributed by atoms with Crippen molar-refractivity contribution in [2.75, 3.05) is 7.11 Å². The molecule has 0 spiro atoms. The summed E-state index contributed by atoms with van der Waals surface area (Å²) < 4.78 is 37.7. The van der Waals surface area contributed by atoms with Crippen LogP contribution < -0.4 is 9.46 Å². The van der Waals surface area contributed by atoms with E-state index >= 15 is 0 Å². The molecule has 0 aliphatic rings. The Morgan fingerprint density at radius 3 is 2.67 bits per heavy atom. The number of methoxy groups -OCH3 is 1. The van der Waals surface area contributed by atoms with Gasteiger partial charge in [-0.25, -0.2) is 13.1 Å². The molecule has 0 saturated carbocycles. The van der Waals surface area contributed by atoms with Gasteiger partial charge in [0.1, 0.15) is 11.5 Å². The van der Waals surface area contributed by atoms with Crippen molar-refractivity contribution < 1.29 is 17.6 Å². The largest absolute Gasteiger partial charge is 0.496 e. The van der Waals surface area contributed by atoms with E-state index in [1.54, 1.807) is 38.5 Å². The molecule has 2 aromatic rings. The minimum atomic E-state index is -3.56. The van der Waals surface area contributed by atoms with E-state index in [0.29, 0.717) is 12.2 Å². The number of ether oxygens (including phenoxy) is 1. The topological polar surface area (TPSA) is 68.5 Å². The van der Waals surface area contributed by atoms with Crippen molar-refractivity contribution in [3.05, 3.63) is 47.9 Å². The van der Waals surface area contributed by atoms with Gasteiger partial charge in [-0.3, -0.25) is 0 Å². The molecule has 0 radical (unpaired) electrons. The van der Waals surface area contributed by atoms with Gasteiger partial charge in [0, 0.05) is 12.5 Å². The zero-order valence-electron chi connectivity index (χ0n) is 12.3. The third-order valence-corrected chi connectivity index (χ3v) is 4.71. The fraction of sp³-hybridized carbons (Fsp3) is 0.333. The zero-order chi connectivity index (χ0) is 15.5. The van der Waals surface area contributed by atoms with Crippen LogP contribution in [0.15, 0.2) is 45.9 Å². The molecule has 6 heteroatoms. The maximum absolute atomic E-state index is 12.3. The lowest BCUT2D eigenvalue weighted by Gasteiger charge is -2.14.